The number of fused-ring (bicyclic) bond motifs is 1. The number of hydrogen-bond acceptors (Lipinski definition) is 5. The van der Waals surface area contributed by atoms with Crippen molar-refractivity contribution < 1.29 is 22.7 Å². The van der Waals surface area contributed by atoms with Gasteiger partial charge in [0.2, 0.25) is 10.0 Å². The number of carbonyl (C=O) groups is 1. The van der Waals surface area contributed by atoms with Gasteiger partial charge < -0.3 is 14.5 Å². The lowest BCUT2D eigenvalue weighted by Gasteiger charge is -2.22. The molecule has 4 rings (SSSR count). The highest BCUT2D eigenvalue weighted by atomic mass is 32.2. The molecule has 0 bridgehead atoms. The van der Waals surface area contributed by atoms with E-state index in [1.807, 2.05) is 42.6 Å². The summed E-state index contributed by atoms with van der Waals surface area (Å²) in [5, 5.41) is 0.982. The van der Waals surface area contributed by atoms with Crippen LogP contribution in [0.2, 0.25) is 0 Å². The third-order valence-electron chi connectivity index (χ3n) is 5.83. The van der Waals surface area contributed by atoms with Crippen molar-refractivity contribution in [2.45, 2.75) is 17.7 Å². The smallest absolute Gasteiger partial charge is 0.240 e. The number of ketones is 1. The molecule has 7 nitrogen and oxygen atoms in total. The highest BCUT2D eigenvalue weighted by Gasteiger charge is 2.26. The van der Waals surface area contributed by atoms with Crippen LogP contribution < -0.4 is 14.2 Å². The average Bonchev–Trinajstić information content (AvgIpc) is 3.28. The molecule has 0 spiro atoms. The number of nitrogens with one attached hydrogen (secondary N) is 2. The number of aromatic amines is 1. The van der Waals surface area contributed by atoms with Crippen molar-refractivity contribution in [1.29, 1.82) is 0 Å². The zero-order valence-corrected chi connectivity index (χ0v) is 20.0. The summed E-state index contributed by atoms with van der Waals surface area (Å²) < 4.78 is 40.2. The van der Waals surface area contributed by atoms with Gasteiger partial charge in [0.25, 0.3) is 0 Å². The highest BCUT2D eigenvalue weighted by Crippen LogP contribution is 2.40. The van der Waals surface area contributed by atoms with Gasteiger partial charge in [0.15, 0.2) is 17.3 Å². The Labute approximate surface area is 198 Å². The summed E-state index contributed by atoms with van der Waals surface area (Å²) >= 11 is 0. The molecule has 34 heavy (non-hydrogen) atoms. The minimum absolute atomic E-state index is 0.0375. The van der Waals surface area contributed by atoms with Crippen LogP contribution in [-0.4, -0.2) is 39.9 Å². The number of carbonyl (C=O) groups excluding carboxylic acids is 1. The van der Waals surface area contributed by atoms with Crippen LogP contribution in [0, 0.1) is 0 Å². The summed E-state index contributed by atoms with van der Waals surface area (Å²) in [6.07, 6.45) is 1.89. The number of hydrogen-bond donors (Lipinski definition) is 2. The lowest BCUT2D eigenvalue weighted by molar-refractivity contribution is 0.101. The van der Waals surface area contributed by atoms with Crippen LogP contribution in [-0.2, 0) is 10.0 Å². The average molecular weight is 479 g/mol. The minimum atomic E-state index is -3.88. The Balaban J connectivity index is 1.77. The molecule has 3 aromatic carbocycles. The summed E-state index contributed by atoms with van der Waals surface area (Å²) in [7, 11) is -0.760. The molecular formula is C26H26N2O5S. The van der Waals surface area contributed by atoms with Crippen LogP contribution >= 0.6 is 0 Å². The largest absolute Gasteiger partial charge is 0.493 e. The van der Waals surface area contributed by atoms with Crippen LogP contribution in [0.3, 0.4) is 0 Å². The van der Waals surface area contributed by atoms with Gasteiger partial charge in [-0.15, -0.1) is 0 Å². The Morgan fingerprint density at radius 1 is 0.971 bits per heavy atom. The Kier molecular flexibility index (Phi) is 6.72. The first-order valence-electron chi connectivity index (χ1n) is 10.7. The first-order chi connectivity index (χ1) is 16.4. The van der Waals surface area contributed by atoms with E-state index in [-0.39, 0.29) is 23.1 Å². The Hall–Kier alpha value is -3.62. The minimum Gasteiger partial charge on any atom is -0.493 e. The number of ether oxygens (including phenoxy) is 2. The maximum Gasteiger partial charge on any atom is 0.240 e. The fourth-order valence-electron chi connectivity index (χ4n) is 4.11. The standard InChI is InChI=1S/C26H26N2O5S/c1-17(29)18-8-6-9-19(14-18)34(30,31)28-16-23(21-11-7-13-25(32-2)26(21)33-3)22-15-27-24-12-5-4-10-20(22)24/h4-15,23,27-28H,16H2,1-3H3/t23-/m1/s1. The second-order valence-electron chi connectivity index (χ2n) is 7.86. The molecule has 2 N–H and O–H groups in total. The molecule has 0 aliphatic heterocycles. The second kappa shape index (κ2) is 9.70. The molecule has 0 fully saturated rings. The van der Waals surface area contributed by atoms with Crippen LogP contribution in [0.15, 0.2) is 77.8 Å². The van der Waals surface area contributed by atoms with Gasteiger partial charge in [-0.1, -0.05) is 42.5 Å². The molecule has 4 aromatic rings. The van der Waals surface area contributed by atoms with E-state index in [0.29, 0.717) is 17.1 Å². The monoisotopic (exact) mass is 478 g/mol. The zero-order chi connectivity index (χ0) is 24.3. The molecule has 0 amide bonds. The maximum absolute atomic E-state index is 13.2. The summed E-state index contributed by atoms with van der Waals surface area (Å²) in [4.78, 5) is 15.0. The Morgan fingerprint density at radius 2 is 1.74 bits per heavy atom. The first-order valence-corrected chi connectivity index (χ1v) is 12.2. The van der Waals surface area contributed by atoms with Crippen molar-refractivity contribution in [3.63, 3.8) is 0 Å². The molecule has 1 atom stereocenters. The number of aromatic nitrogens is 1. The van der Waals surface area contributed by atoms with Gasteiger partial charge in [-0.3, -0.25) is 4.79 Å². The molecule has 0 saturated heterocycles. The van der Waals surface area contributed by atoms with Gasteiger partial charge in [-0.2, -0.15) is 0 Å². The SMILES string of the molecule is COc1cccc([C@@H](CNS(=O)(=O)c2cccc(C(C)=O)c2)c2c[nH]c3ccccc23)c1OC. The van der Waals surface area contributed by atoms with E-state index in [1.54, 1.807) is 32.4 Å². The van der Waals surface area contributed by atoms with Crippen molar-refractivity contribution in [1.82, 2.24) is 9.71 Å². The second-order valence-corrected chi connectivity index (χ2v) is 9.63. The molecule has 1 aromatic heterocycles. The summed E-state index contributed by atoms with van der Waals surface area (Å²) in [5.74, 6) is 0.515. The lowest BCUT2D eigenvalue weighted by Crippen LogP contribution is -2.29. The number of rotatable bonds is 9. The molecular weight excluding hydrogens is 452 g/mol. The zero-order valence-electron chi connectivity index (χ0n) is 19.2. The summed E-state index contributed by atoms with van der Waals surface area (Å²) in [6.45, 7) is 1.47. The molecule has 0 saturated carbocycles. The predicted molar refractivity (Wildman–Crippen MR) is 131 cm³/mol. The Bertz CT molecular complexity index is 1440. The van der Waals surface area contributed by atoms with Crippen molar-refractivity contribution in [3.8, 4) is 11.5 Å². The summed E-state index contributed by atoms with van der Waals surface area (Å²) in [6, 6.07) is 19.4. The first kappa shape index (κ1) is 23.5. The van der Waals surface area contributed by atoms with Crippen molar-refractivity contribution in [2.24, 2.45) is 0 Å². The van der Waals surface area contributed by atoms with E-state index < -0.39 is 10.0 Å². The van der Waals surface area contributed by atoms with Crippen LogP contribution in [0.25, 0.3) is 10.9 Å². The van der Waals surface area contributed by atoms with E-state index in [1.165, 1.54) is 19.1 Å². The third kappa shape index (κ3) is 4.55. The maximum atomic E-state index is 13.2. The van der Waals surface area contributed by atoms with Gasteiger partial charge >= 0.3 is 0 Å². The highest BCUT2D eigenvalue weighted by molar-refractivity contribution is 7.89. The number of para-hydroxylation sites is 2. The van der Waals surface area contributed by atoms with Gasteiger partial charge in [-0.05, 0) is 36.8 Å². The summed E-state index contributed by atoms with van der Waals surface area (Å²) in [5.41, 5.74) is 2.99. The normalized spacial score (nSPS) is 12.4. The fraction of sp³-hybridized carbons (Fsp3) is 0.192. The molecule has 0 radical (unpaired) electrons. The van der Waals surface area contributed by atoms with Crippen LogP contribution in [0.5, 0.6) is 11.5 Å². The van der Waals surface area contributed by atoms with E-state index in [2.05, 4.69) is 9.71 Å². The number of sulfonamides is 1. The Morgan fingerprint density at radius 3 is 2.47 bits per heavy atom. The number of methoxy groups -OCH3 is 2. The van der Waals surface area contributed by atoms with Crippen LogP contribution in [0.1, 0.15) is 34.3 Å². The van der Waals surface area contributed by atoms with E-state index in [0.717, 1.165) is 22.0 Å². The predicted octanol–water partition coefficient (Wildman–Crippen LogP) is 4.50. The molecule has 176 valence electrons. The fourth-order valence-corrected chi connectivity index (χ4v) is 5.21. The molecule has 8 heteroatoms. The molecule has 0 aliphatic rings. The van der Waals surface area contributed by atoms with E-state index >= 15 is 0 Å². The van der Waals surface area contributed by atoms with Gasteiger partial charge in [-0.25, -0.2) is 13.1 Å². The van der Waals surface area contributed by atoms with Gasteiger partial charge in [0, 0.05) is 40.7 Å². The van der Waals surface area contributed by atoms with E-state index in [9.17, 15) is 13.2 Å². The molecule has 0 unspecified atom stereocenters. The quantitative estimate of drug-likeness (QED) is 0.345. The topological polar surface area (TPSA) is 97.5 Å². The van der Waals surface area contributed by atoms with Crippen molar-refractivity contribution >= 4 is 26.7 Å². The van der Waals surface area contributed by atoms with Crippen LogP contribution in [0.4, 0.5) is 0 Å². The lowest BCUT2D eigenvalue weighted by atomic mass is 9.90. The molecule has 1 heterocycles. The van der Waals surface area contributed by atoms with Gasteiger partial charge in [0.1, 0.15) is 0 Å². The third-order valence-corrected chi connectivity index (χ3v) is 7.26. The number of Topliss-reactive ketones (excluding diaryl/α,β-unsaturated/α-hetero) is 1. The van der Waals surface area contributed by atoms with Gasteiger partial charge in [0.05, 0.1) is 19.1 Å². The number of benzene rings is 3. The number of H-pyrrole nitrogens is 1. The molecule has 0 aliphatic carbocycles. The van der Waals surface area contributed by atoms with E-state index in [4.69, 9.17) is 9.47 Å². The van der Waals surface area contributed by atoms with Crippen molar-refractivity contribution in [3.05, 3.63) is 89.6 Å². The van der Waals surface area contributed by atoms with Crippen molar-refractivity contribution in [2.75, 3.05) is 20.8 Å².